The summed E-state index contributed by atoms with van der Waals surface area (Å²) >= 11 is 0. The molecule has 5 aliphatic heterocycles. The van der Waals surface area contributed by atoms with Crippen LogP contribution in [0.4, 0.5) is 0 Å². The molecule has 0 amide bonds. The number of rotatable bonds is 4. The third-order valence-electron chi connectivity index (χ3n) is 15.4. The molecule has 7 heteroatoms. The van der Waals surface area contributed by atoms with Gasteiger partial charge in [-0.1, -0.05) is 60.7 Å². The van der Waals surface area contributed by atoms with Crippen LogP contribution in [0, 0.1) is 17.3 Å². The van der Waals surface area contributed by atoms with Gasteiger partial charge in [-0.2, -0.15) is 0 Å². The lowest BCUT2D eigenvalue weighted by Gasteiger charge is -2.61. The summed E-state index contributed by atoms with van der Waals surface area (Å²) in [6.07, 6.45) is 27.6. The highest BCUT2D eigenvalue weighted by atomic mass is 16.6. The van der Waals surface area contributed by atoms with Gasteiger partial charge in [-0.25, -0.2) is 0 Å². The summed E-state index contributed by atoms with van der Waals surface area (Å²) in [4.78, 5) is 18.7. The lowest BCUT2D eigenvalue weighted by atomic mass is 9.49. The van der Waals surface area contributed by atoms with Crippen LogP contribution in [0.3, 0.4) is 0 Å². The minimum Gasteiger partial charge on any atom is -0.364 e. The van der Waals surface area contributed by atoms with Crippen LogP contribution < -0.4 is 5.32 Å². The van der Waals surface area contributed by atoms with Gasteiger partial charge in [0.2, 0.25) is 0 Å². The van der Waals surface area contributed by atoms with Crippen LogP contribution in [0.5, 0.6) is 0 Å². The molecule has 2 spiro atoms. The second-order valence-corrected chi connectivity index (χ2v) is 18.3. The van der Waals surface area contributed by atoms with E-state index in [-0.39, 0.29) is 23.2 Å². The molecule has 3 aromatic heterocycles. The SMILES string of the molecule is C1=CCCC23CN4CCCC=CCCCC5(OC5C(C5c6[nH]c7ccccc7c6CCN5CCc5nccc6c5[nH]c5ccccc56)C2CC4)C3NCCCC1. The number of ether oxygens (including phenoxy) is 1. The normalized spacial score (nSPS) is 33.9. The lowest BCUT2D eigenvalue weighted by Crippen LogP contribution is -2.70. The Morgan fingerprint density at radius 1 is 0.768 bits per heavy atom. The second kappa shape index (κ2) is 14.6. The average Bonchev–Trinajstić information content (AvgIpc) is 3.64. The van der Waals surface area contributed by atoms with Gasteiger partial charge in [0.1, 0.15) is 5.60 Å². The van der Waals surface area contributed by atoms with E-state index in [0.717, 1.165) is 45.3 Å². The number of hydrogen-bond donors (Lipinski definition) is 3. The highest BCUT2D eigenvalue weighted by Crippen LogP contribution is 2.68. The number of allylic oxidation sites excluding steroid dienone is 4. The van der Waals surface area contributed by atoms with E-state index in [0.29, 0.717) is 17.9 Å². The van der Waals surface area contributed by atoms with Gasteiger partial charge in [0.25, 0.3) is 0 Å². The summed E-state index contributed by atoms with van der Waals surface area (Å²) in [6, 6.07) is 20.7. The third-order valence-corrected chi connectivity index (χ3v) is 15.4. The predicted molar refractivity (Wildman–Crippen MR) is 228 cm³/mol. The molecule has 2 aromatic carbocycles. The first-order chi connectivity index (χ1) is 27.7. The number of para-hydroxylation sites is 2. The van der Waals surface area contributed by atoms with Gasteiger partial charge < -0.3 is 24.9 Å². The molecule has 8 atom stereocenters. The smallest absolute Gasteiger partial charge is 0.111 e. The number of epoxide rings is 1. The zero-order chi connectivity index (χ0) is 37.1. The fourth-order valence-corrected chi connectivity index (χ4v) is 13.0. The fraction of sp³-hybridized carbons (Fsp3) is 0.531. The minimum atomic E-state index is -0.114. The van der Waals surface area contributed by atoms with Crippen LogP contribution in [0.1, 0.15) is 93.6 Å². The molecule has 56 heavy (non-hydrogen) atoms. The van der Waals surface area contributed by atoms with E-state index in [1.54, 1.807) is 5.56 Å². The fourth-order valence-electron chi connectivity index (χ4n) is 13.0. The Morgan fingerprint density at radius 3 is 2.48 bits per heavy atom. The molecule has 7 nitrogen and oxygen atoms in total. The second-order valence-electron chi connectivity index (χ2n) is 18.3. The van der Waals surface area contributed by atoms with E-state index in [1.165, 1.54) is 122 Å². The number of aromatic amines is 2. The number of fused-ring (bicyclic) bond motifs is 7. The molecule has 3 fully saturated rings. The third kappa shape index (κ3) is 5.86. The van der Waals surface area contributed by atoms with E-state index in [2.05, 4.69) is 104 Å². The summed E-state index contributed by atoms with van der Waals surface area (Å²) in [5.41, 5.74) is 7.94. The maximum atomic E-state index is 7.56. The number of aromatic nitrogens is 3. The van der Waals surface area contributed by atoms with Gasteiger partial charge in [-0.05, 0) is 126 Å². The summed E-state index contributed by atoms with van der Waals surface area (Å²) in [7, 11) is 0. The Hall–Kier alpha value is -3.75. The van der Waals surface area contributed by atoms with Crippen LogP contribution in [0.15, 0.2) is 85.1 Å². The molecule has 3 bridgehead atoms. The summed E-state index contributed by atoms with van der Waals surface area (Å²) in [6.45, 7) is 6.76. The molecule has 6 aliphatic rings. The minimum absolute atomic E-state index is 0.114. The van der Waals surface area contributed by atoms with Crippen LogP contribution in [0.2, 0.25) is 0 Å². The molecular weight excluding hydrogens is 689 g/mol. The maximum absolute atomic E-state index is 7.56. The number of piperidine rings is 1. The van der Waals surface area contributed by atoms with Gasteiger partial charge in [0.05, 0.1) is 23.4 Å². The van der Waals surface area contributed by atoms with Crippen molar-refractivity contribution >= 4 is 32.7 Å². The van der Waals surface area contributed by atoms with Crippen molar-refractivity contribution in [3.8, 4) is 0 Å². The zero-order valence-electron chi connectivity index (χ0n) is 33.2. The van der Waals surface area contributed by atoms with E-state index in [1.807, 2.05) is 6.20 Å². The van der Waals surface area contributed by atoms with Gasteiger partial charge in [-0.3, -0.25) is 9.88 Å². The molecule has 2 saturated heterocycles. The van der Waals surface area contributed by atoms with Crippen molar-refractivity contribution in [2.45, 2.75) is 107 Å². The number of H-pyrrole nitrogens is 2. The first-order valence-corrected chi connectivity index (χ1v) is 22.3. The Labute approximate surface area is 332 Å². The van der Waals surface area contributed by atoms with Crippen molar-refractivity contribution in [2.24, 2.45) is 17.3 Å². The highest BCUT2D eigenvalue weighted by Gasteiger charge is 2.76. The maximum Gasteiger partial charge on any atom is 0.111 e. The van der Waals surface area contributed by atoms with E-state index in [4.69, 9.17) is 9.72 Å². The van der Waals surface area contributed by atoms with Crippen molar-refractivity contribution in [3.05, 3.63) is 102 Å². The van der Waals surface area contributed by atoms with Crippen molar-refractivity contribution in [3.63, 3.8) is 0 Å². The Balaban J connectivity index is 1.04. The zero-order valence-corrected chi connectivity index (χ0v) is 33.2. The van der Waals surface area contributed by atoms with E-state index < -0.39 is 0 Å². The molecule has 3 N–H and O–H groups in total. The number of nitrogens with zero attached hydrogens (tertiary/aromatic N) is 3. The molecule has 0 radical (unpaired) electrons. The number of nitrogens with one attached hydrogen (secondary N) is 3. The quantitative estimate of drug-likeness (QED) is 0.126. The van der Waals surface area contributed by atoms with Crippen LogP contribution >= 0.6 is 0 Å². The first-order valence-electron chi connectivity index (χ1n) is 22.3. The van der Waals surface area contributed by atoms with Crippen molar-refractivity contribution in [2.75, 3.05) is 39.3 Å². The largest absolute Gasteiger partial charge is 0.364 e. The standard InChI is InChI=1S/C49H60N6O/c1-3-7-15-27-51-47-48(25-13-5-1)33-54-29-16-8-4-2-6-14-26-49(47)46(56-49)42(38(48)23-30-54)45-44-37(35-18-10-12-20-40(35)53-44)22-31-55(45)32-24-41-43-36(21-28-50-41)34-17-9-11-19-39(34)52-43/h1-2,4-5,9-12,17-21,28,38,42,45-47,51-53H,3,6-8,13-16,22-27,29-33H2. The summed E-state index contributed by atoms with van der Waals surface area (Å²) < 4.78 is 7.56. The molecule has 1 saturated carbocycles. The van der Waals surface area contributed by atoms with E-state index >= 15 is 0 Å². The molecule has 292 valence electrons. The average molecular weight is 749 g/mol. The van der Waals surface area contributed by atoms with Gasteiger partial charge in [-0.15, -0.1) is 0 Å². The number of benzene rings is 2. The van der Waals surface area contributed by atoms with Crippen molar-refractivity contribution in [1.29, 1.82) is 0 Å². The Bertz CT molecular complexity index is 2270. The van der Waals surface area contributed by atoms with Crippen LogP contribution in [-0.4, -0.2) is 81.8 Å². The highest BCUT2D eigenvalue weighted by molar-refractivity contribution is 6.07. The molecular formula is C49H60N6O. The number of pyridine rings is 1. The molecule has 1 aliphatic carbocycles. The topological polar surface area (TPSA) is 75.5 Å². The Morgan fingerprint density at radius 2 is 1.57 bits per heavy atom. The lowest BCUT2D eigenvalue weighted by molar-refractivity contribution is -0.0933. The summed E-state index contributed by atoms with van der Waals surface area (Å²) in [5, 5.41) is 8.36. The van der Waals surface area contributed by atoms with Gasteiger partial charge in [0, 0.05) is 82.5 Å². The van der Waals surface area contributed by atoms with Crippen molar-refractivity contribution in [1.82, 2.24) is 30.1 Å². The van der Waals surface area contributed by atoms with Crippen molar-refractivity contribution < 1.29 is 4.74 Å². The Kier molecular flexibility index (Phi) is 9.21. The molecule has 11 rings (SSSR count). The predicted octanol–water partition coefficient (Wildman–Crippen LogP) is 9.41. The van der Waals surface area contributed by atoms with E-state index in [9.17, 15) is 0 Å². The monoisotopic (exact) mass is 748 g/mol. The van der Waals surface area contributed by atoms with Crippen LogP contribution in [-0.2, 0) is 17.6 Å². The molecule has 8 heterocycles. The first kappa shape index (κ1) is 35.4. The van der Waals surface area contributed by atoms with Gasteiger partial charge in [0.15, 0.2) is 0 Å². The molecule has 5 aromatic rings. The van der Waals surface area contributed by atoms with Crippen LogP contribution in [0.25, 0.3) is 32.7 Å². The number of hydrogen-bond acceptors (Lipinski definition) is 5. The molecule has 8 unspecified atom stereocenters. The van der Waals surface area contributed by atoms with Gasteiger partial charge >= 0.3 is 0 Å². The summed E-state index contributed by atoms with van der Waals surface area (Å²) in [5.74, 6) is 1.00.